The molecule has 0 aliphatic heterocycles. The van der Waals surface area contributed by atoms with Gasteiger partial charge in [-0.1, -0.05) is 98.8 Å². The molecule has 1 heterocycles. The highest BCUT2D eigenvalue weighted by Gasteiger charge is 2.19. The van der Waals surface area contributed by atoms with Crippen molar-refractivity contribution in [3.05, 3.63) is 95.1 Å². The summed E-state index contributed by atoms with van der Waals surface area (Å²) in [6.07, 6.45) is 1.66. The SMILES string of the molecule is Cc1ccc(-n2c(SCC(=O)NN=Cc3ccccc3C)nnc2-c2ccc(C(C)(C)C)cc2)cc1. The van der Waals surface area contributed by atoms with Crippen LogP contribution in [-0.4, -0.2) is 32.6 Å². The van der Waals surface area contributed by atoms with Gasteiger partial charge in [0.2, 0.25) is 0 Å². The predicted molar refractivity (Wildman–Crippen MR) is 148 cm³/mol. The van der Waals surface area contributed by atoms with Crippen molar-refractivity contribution in [3.8, 4) is 17.1 Å². The molecule has 1 N–H and O–H groups in total. The first-order valence-electron chi connectivity index (χ1n) is 11.9. The maximum absolute atomic E-state index is 12.5. The minimum absolute atomic E-state index is 0.0687. The standard InChI is InChI=1S/C29H31N5OS/c1-20-10-16-25(17-11-20)34-27(22-12-14-24(15-13-22)29(3,4)5)32-33-28(34)36-19-26(35)31-30-18-23-9-7-6-8-21(23)2/h6-18H,19H2,1-5H3,(H,31,35). The van der Waals surface area contributed by atoms with Crippen molar-refractivity contribution in [3.63, 3.8) is 0 Å². The van der Waals surface area contributed by atoms with Crippen LogP contribution in [0.4, 0.5) is 0 Å². The highest BCUT2D eigenvalue weighted by molar-refractivity contribution is 7.99. The van der Waals surface area contributed by atoms with Gasteiger partial charge in [-0.3, -0.25) is 9.36 Å². The Bertz CT molecular complexity index is 1370. The minimum atomic E-state index is -0.209. The van der Waals surface area contributed by atoms with Gasteiger partial charge in [0.15, 0.2) is 11.0 Å². The Balaban J connectivity index is 1.55. The van der Waals surface area contributed by atoms with Gasteiger partial charge in [0.05, 0.1) is 12.0 Å². The molecule has 184 valence electrons. The van der Waals surface area contributed by atoms with E-state index in [4.69, 9.17) is 0 Å². The van der Waals surface area contributed by atoms with E-state index in [1.54, 1.807) is 6.21 Å². The molecule has 1 aromatic heterocycles. The van der Waals surface area contributed by atoms with Crippen LogP contribution < -0.4 is 5.43 Å². The van der Waals surface area contributed by atoms with Crippen molar-refractivity contribution in [2.45, 2.75) is 45.2 Å². The lowest BCUT2D eigenvalue weighted by Gasteiger charge is -2.19. The van der Waals surface area contributed by atoms with Gasteiger partial charge in [-0.15, -0.1) is 10.2 Å². The first-order chi connectivity index (χ1) is 17.2. The minimum Gasteiger partial charge on any atom is -0.272 e. The van der Waals surface area contributed by atoms with Crippen LogP contribution in [0.25, 0.3) is 17.1 Å². The molecule has 0 fully saturated rings. The fraction of sp³-hybridized carbons (Fsp3) is 0.241. The average Bonchev–Trinajstić information content (AvgIpc) is 3.28. The summed E-state index contributed by atoms with van der Waals surface area (Å²) in [5.74, 6) is 0.692. The number of aryl methyl sites for hydroxylation is 2. The highest BCUT2D eigenvalue weighted by Crippen LogP contribution is 2.30. The van der Waals surface area contributed by atoms with E-state index in [0.717, 1.165) is 28.2 Å². The number of carbonyl (C=O) groups is 1. The fourth-order valence-corrected chi connectivity index (χ4v) is 4.41. The molecule has 36 heavy (non-hydrogen) atoms. The lowest BCUT2D eigenvalue weighted by molar-refractivity contribution is -0.118. The molecule has 0 saturated heterocycles. The Kier molecular flexibility index (Phi) is 7.70. The molecule has 0 spiro atoms. The molecule has 1 amide bonds. The second kappa shape index (κ2) is 10.9. The van der Waals surface area contributed by atoms with Crippen molar-refractivity contribution in [1.82, 2.24) is 20.2 Å². The Morgan fingerprint density at radius 2 is 1.67 bits per heavy atom. The van der Waals surface area contributed by atoms with Crippen LogP contribution in [0, 0.1) is 13.8 Å². The third-order valence-electron chi connectivity index (χ3n) is 5.85. The van der Waals surface area contributed by atoms with Crippen LogP contribution in [0.1, 0.15) is 43.0 Å². The number of amides is 1. The van der Waals surface area contributed by atoms with Gasteiger partial charge in [0.1, 0.15) is 0 Å². The van der Waals surface area contributed by atoms with E-state index in [9.17, 15) is 4.79 Å². The molecule has 0 unspecified atom stereocenters. The third-order valence-corrected chi connectivity index (χ3v) is 6.78. The summed E-state index contributed by atoms with van der Waals surface area (Å²) in [4.78, 5) is 12.5. The van der Waals surface area contributed by atoms with Crippen LogP contribution in [0.2, 0.25) is 0 Å². The second-order valence-corrected chi connectivity index (χ2v) is 10.7. The van der Waals surface area contributed by atoms with E-state index in [0.29, 0.717) is 5.16 Å². The quantitative estimate of drug-likeness (QED) is 0.190. The molecular formula is C29H31N5OS. The van der Waals surface area contributed by atoms with Gasteiger partial charge in [-0.2, -0.15) is 5.10 Å². The van der Waals surface area contributed by atoms with E-state index in [-0.39, 0.29) is 17.1 Å². The summed E-state index contributed by atoms with van der Waals surface area (Å²) in [6, 6.07) is 24.5. The molecule has 0 aliphatic carbocycles. The Morgan fingerprint density at radius 3 is 2.33 bits per heavy atom. The summed E-state index contributed by atoms with van der Waals surface area (Å²) in [5, 5.41) is 13.7. The van der Waals surface area contributed by atoms with Gasteiger partial charge >= 0.3 is 0 Å². The number of hydrogen-bond acceptors (Lipinski definition) is 5. The molecule has 3 aromatic carbocycles. The van der Waals surface area contributed by atoms with Crippen molar-refractivity contribution in [2.75, 3.05) is 5.75 Å². The zero-order valence-electron chi connectivity index (χ0n) is 21.3. The number of hydrazone groups is 1. The maximum Gasteiger partial charge on any atom is 0.250 e. The lowest BCUT2D eigenvalue weighted by Crippen LogP contribution is -2.20. The van der Waals surface area contributed by atoms with E-state index >= 15 is 0 Å². The number of nitrogens with one attached hydrogen (secondary N) is 1. The van der Waals surface area contributed by atoms with Crippen molar-refractivity contribution in [1.29, 1.82) is 0 Å². The van der Waals surface area contributed by atoms with Gasteiger partial charge in [-0.25, -0.2) is 5.43 Å². The lowest BCUT2D eigenvalue weighted by atomic mass is 9.87. The van der Waals surface area contributed by atoms with Crippen LogP contribution in [0.3, 0.4) is 0 Å². The van der Waals surface area contributed by atoms with E-state index in [1.165, 1.54) is 22.9 Å². The summed E-state index contributed by atoms with van der Waals surface area (Å²) >= 11 is 1.33. The molecule has 0 atom stereocenters. The summed E-state index contributed by atoms with van der Waals surface area (Å²) in [7, 11) is 0. The van der Waals surface area contributed by atoms with Crippen LogP contribution >= 0.6 is 11.8 Å². The molecule has 4 aromatic rings. The number of thioether (sulfide) groups is 1. The summed E-state index contributed by atoms with van der Waals surface area (Å²) in [6.45, 7) is 10.6. The van der Waals surface area contributed by atoms with Gasteiger partial charge < -0.3 is 0 Å². The molecular weight excluding hydrogens is 466 g/mol. The smallest absolute Gasteiger partial charge is 0.250 e. The van der Waals surface area contributed by atoms with Gasteiger partial charge in [-0.05, 0) is 48.1 Å². The monoisotopic (exact) mass is 497 g/mol. The summed E-state index contributed by atoms with van der Waals surface area (Å²) < 4.78 is 2.00. The van der Waals surface area contributed by atoms with E-state index in [2.05, 4.69) is 84.8 Å². The van der Waals surface area contributed by atoms with Crippen molar-refractivity contribution >= 4 is 23.9 Å². The first kappa shape index (κ1) is 25.4. The maximum atomic E-state index is 12.5. The fourth-order valence-electron chi connectivity index (χ4n) is 3.66. The zero-order chi connectivity index (χ0) is 25.7. The molecule has 6 nitrogen and oxygen atoms in total. The molecule has 0 radical (unpaired) electrons. The number of aromatic nitrogens is 3. The van der Waals surface area contributed by atoms with Gasteiger partial charge in [0.25, 0.3) is 5.91 Å². The predicted octanol–water partition coefficient (Wildman–Crippen LogP) is 6.09. The molecule has 0 bridgehead atoms. The van der Waals surface area contributed by atoms with Crippen LogP contribution in [0.15, 0.2) is 83.1 Å². The second-order valence-electron chi connectivity index (χ2n) is 9.74. The Hall–Kier alpha value is -3.71. The van der Waals surface area contributed by atoms with E-state index < -0.39 is 0 Å². The number of hydrogen-bond donors (Lipinski definition) is 1. The zero-order valence-corrected chi connectivity index (χ0v) is 22.1. The number of benzene rings is 3. The highest BCUT2D eigenvalue weighted by atomic mass is 32.2. The van der Waals surface area contributed by atoms with Crippen LogP contribution in [0.5, 0.6) is 0 Å². The number of rotatable bonds is 7. The van der Waals surface area contributed by atoms with Crippen molar-refractivity contribution < 1.29 is 4.79 Å². The van der Waals surface area contributed by atoms with Gasteiger partial charge in [0, 0.05) is 11.3 Å². The number of nitrogens with zero attached hydrogens (tertiary/aromatic N) is 4. The van der Waals surface area contributed by atoms with Crippen molar-refractivity contribution in [2.24, 2.45) is 5.10 Å². The Labute approximate surface area is 216 Å². The average molecular weight is 498 g/mol. The normalized spacial score (nSPS) is 11.7. The molecule has 0 saturated carbocycles. The largest absolute Gasteiger partial charge is 0.272 e. The topological polar surface area (TPSA) is 72.2 Å². The van der Waals surface area contributed by atoms with E-state index in [1.807, 2.05) is 47.9 Å². The third kappa shape index (κ3) is 6.10. The first-order valence-corrected chi connectivity index (χ1v) is 12.8. The molecule has 7 heteroatoms. The van der Waals surface area contributed by atoms with Crippen LogP contribution in [-0.2, 0) is 10.2 Å². The molecule has 4 rings (SSSR count). The summed E-state index contributed by atoms with van der Waals surface area (Å²) in [5.41, 5.74) is 9.07. The number of carbonyl (C=O) groups excluding carboxylic acids is 1. The Morgan fingerprint density at radius 1 is 0.972 bits per heavy atom. The molecule has 0 aliphatic rings.